The van der Waals surface area contributed by atoms with Gasteiger partial charge in [-0.05, 0) is 50.2 Å². The van der Waals surface area contributed by atoms with Crippen molar-refractivity contribution >= 4 is 40.5 Å². The number of benzene rings is 2. The smallest absolute Gasteiger partial charge is 0.274 e. The average molecular weight is 381 g/mol. The number of anilines is 3. The second-order valence-corrected chi connectivity index (χ2v) is 6.29. The van der Waals surface area contributed by atoms with Crippen LogP contribution in [0, 0.1) is 6.92 Å². The van der Waals surface area contributed by atoms with Crippen LogP contribution in [0.3, 0.4) is 0 Å². The Bertz CT molecular complexity index is 1000. The minimum atomic E-state index is -0.386. The van der Waals surface area contributed by atoms with Crippen molar-refractivity contribution in [1.29, 1.82) is 0 Å². The topological polar surface area (TPSA) is 84.0 Å². The Hall–Kier alpha value is -3.25. The van der Waals surface area contributed by atoms with Crippen LogP contribution < -0.4 is 10.6 Å². The summed E-state index contributed by atoms with van der Waals surface area (Å²) in [6.45, 7) is 3.22. The number of amides is 1. The van der Waals surface area contributed by atoms with Crippen LogP contribution in [0.2, 0.25) is 5.02 Å². The molecule has 3 rings (SSSR count). The van der Waals surface area contributed by atoms with Crippen molar-refractivity contribution in [3.8, 4) is 0 Å². The fourth-order valence-corrected chi connectivity index (χ4v) is 2.62. The van der Waals surface area contributed by atoms with E-state index in [0.29, 0.717) is 27.9 Å². The summed E-state index contributed by atoms with van der Waals surface area (Å²) in [7, 11) is 0. The molecule has 0 aliphatic rings. The van der Waals surface area contributed by atoms with Gasteiger partial charge in [-0.3, -0.25) is 9.59 Å². The SMILES string of the molecule is CC(=O)c1ccc(Nc2cc(C(=O)Nc3ccccc3Cl)nc(C)n2)cc1. The number of halogens is 1. The lowest BCUT2D eigenvalue weighted by Crippen LogP contribution is -2.15. The molecule has 136 valence electrons. The molecule has 0 aliphatic carbocycles. The van der Waals surface area contributed by atoms with E-state index in [1.807, 2.05) is 0 Å². The van der Waals surface area contributed by atoms with E-state index in [4.69, 9.17) is 11.6 Å². The standard InChI is InChI=1S/C20H17ClN4O2/c1-12(26)14-7-9-15(10-8-14)24-19-11-18(22-13(2)23-19)20(27)25-17-6-4-3-5-16(17)21/h3-11H,1-2H3,(H,25,27)(H,22,23,24). The van der Waals surface area contributed by atoms with E-state index in [1.165, 1.54) is 6.92 Å². The summed E-state index contributed by atoms with van der Waals surface area (Å²) in [5.74, 6) is 0.536. The van der Waals surface area contributed by atoms with Crippen molar-refractivity contribution in [1.82, 2.24) is 9.97 Å². The number of Topliss-reactive ketones (excluding diaryl/α,β-unsaturated/α-hetero) is 1. The minimum absolute atomic E-state index is 0.00189. The first-order valence-electron chi connectivity index (χ1n) is 8.22. The first-order chi connectivity index (χ1) is 12.9. The van der Waals surface area contributed by atoms with Gasteiger partial charge in [0.05, 0.1) is 10.7 Å². The van der Waals surface area contributed by atoms with Gasteiger partial charge in [0, 0.05) is 17.3 Å². The number of rotatable bonds is 5. The number of nitrogens with zero attached hydrogens (tertiary/aromatic N) is 2. The van der Waals surface area contributed by atoms with E-state index in [2.05, 4.69) is 20.6 Å². The molecule has 7 heteroatoms. The molecule has 2 N–H and O–H groups in total. The lowest BCUT2D eigenvalue weighted by Gasteiger charge is -2.10. The van der Waals surface area contributed by atoms with Crippen molar-refractivity contribution in [2.45, 2.75) is 13.8 Å². The van der Waals surface area contributed by atoms with Gasteiger partial charge in [0.2, 0.25) is 0 Å². The molecular formula is C20H17ClN4O2. The predicted molar refractivity (Wildman–Crippen MR) is 106 cm³/mol. The Kier molecular flexibility index (Phi) is 5.47. The van der Waals surface area contributed by atoms with Crippen LogP contribution in [0.1, 0.15) is 33.6 Å². The number of ketones is 1. The fraction of sp³-hybridized carbons (Fsp3) is 0.100. The average Bonchev–Trinajstić information content (AvgIpc) is 2.63. The summed E-state index contributed by atoms with van der Waals surface area (Å²) in [5.41, 5.74) is 2.09. The van der Waals surface area contributed by atoms with Crippen LogP contribution >= 0.6 is 11.6 Å². The van der Waals surface area contributed by atoms with Crippen LogP contribution in [0.5, 0.6) is 0 Å². The van der Waals surface area contributed by atoms with Crippen LogP contribution in [0.4, 0.5) is 17.2 Å². The van der Waals surface area contributed by atoms with E-state index in [-0.39, 0.29) is 17.4 Å². The van der Waals surface area contributed by atoms with Crippen molar-refractivity contribution < 1.29 is 9.59 Å². The maximum absolute atomic E-state index is 12.5. The zero-order chi connectivity index (χ0) is 19.4. The number of aromatic nitrogens is 2. The van der Waals surface area contributed by atoms with Gasteiger partial charge >= 0.3 is 0 Å². The first kappa shape index (κ1) is 18.5. The first-order valence-corrected chi connectivity index (χ1v) is 8.60. The summed E-state index contributed by atoms with van der Waals surface area (Å²) in [6.07, 6.45) is 0. The number of nitrogens with one attached hydrogen (secondary N) is 2. The Morgan fingerprint density at radius 3 is 2.37 bits per heavy atom. The molecular weight excluding hydrogens is 364 g/mol. The van der Waals surface area contributed by atoms with E-state index >= 15 is 0 Å². The number of carbonyl (C=O) groups is 2. The highest BCUT2D eigenvalue weighted by molar-refractivity contribution is 6.33. The van der Waals surface area contributed by atoms with Crippen molar-refractivity contribution in [2.75, 3.05) is 10.6 Å². The van der Waals surface area contributed by atoms with E-state index in [9.17, 15) is 9.59 Å². The normalized spacial score (nSPS) is 10.3. The van der Waals surface area contributed by atoms with Gasteiger partial charge in [0.15, 0.2) is 5.78 Å². The second kappa shape index (κ2) is 7.97. The van der Waals surface area contributed by atoms with E-state index in [0.717, 1.165) is 5.69 Å². The summed E-state index contributed by atoms with van der Waals surface area (Å²) in [4.78, 5) is 32.4. The largest absolute Gasteiger partial charge is 0.340 e. The van der Waals surface area contributed by atoms with Crippen LogP contribution in [0.15, 0.2) is 54.6 Å². The molecule has 3 aromatic rings. The Morgan fingerprint density at radius 2 is 1.70 bits per heavy atom. The molecule has 0 saturated carbocycles. The third-order valence-corrected chi connectivity index (χ3v) is 4.09. The van der Waals surface area contributed by atoms with Gasteiger partial charge < -0.3 is 10.6 Å². The summed E-state index contributed by atoms with van der Waals surface area (Å²) < 4.78 is 0. The van der Waals surface area contributed by atoms with Gasteiger partial charge in [-0.2, -0.15) is 0 Å². The van der Waals surface area contributed by atoms with Gasteiger partial charge in [-0.15, -0.1) is 0 Å². The van der Waals surface area contributed by atoms with Crippen LogP contribution in [0.25, 0.3) is 0 Å². The third-order valence-electron chi connectivity index (χ3n) is 3.76. The predicted octanol–water partition coefficient (Wildman–Crippen LogP) is 4.64. The number of carbonyl (C=O) groups excluding carboxylic acids is 2. The van der Waals surface area contributed by atoms with E-state index < -0.39 is 0 Å². The van der Waals surface area contributed by atoms with Crippen molar-refractivity contribution in [2.24, 2.45) is 0 Å². The lowest BCUT2D eigenvalue weighted by molar-refractivity contribution is 0.101. The lowest BCUT2D eigenvalue weighted by atomic mass is 10.1. The fourth-order valence-electron chi connectivity index (χ4n) is 2.43. The molecule has 0 bridgehead atoms. The molecule has 0 atom stereocenters. The summed E-state index contributed by atoms with van der Waals surface area (Å²) in [6, 6.07) is 15.5. The molecule has 1 heterocycles. The molecule has 0 unspecified atom stereocenters. The Balaban J connectivity index is 1.80. The highest BCUT2D eigenvalue weighted by Gasteiger charge is 2.12. The highest BCUT2D eigenvalue weighted by Crippen LogP contribution is 2.22. The molecule has 6 nitrogen and oxygen atoms in total. The molecule has 0 saturated heterocycles. The molecule has 27 heavy (non-hydrogen) atoms. The maximum Gasteiger partial charge on any atom is 0.274 e. The quantitative estimate of drug-likeness (QED) is 0.630. The third kappa shape index (κ3) is 4.68. The van der Waals surface area contributed by atoms with Gasteiger partial charge in [-0.1, -0.05) is 23.7 Å². The molecule has 0 aliphatic heterocycles. The van der Waals surface area contributed by atoms with Crippen molar-refractivity contribution in [3.05, 3.63) is 76.7 Å². The maximum atomic E-state index is 12.5. The summed E-state index contributed by atoms with van der Waals surface area (Å²) >= 11 is 6.08. The second-order valence-electron chi connectivity index (χ2n) is 5.88. The zero-order valence-corrected chi connectivity index (χ0v) is 15.5. The molecule has 1 amide bonds. The number of aryl methyl sites for hydroxylation is 1. The Labute approximate surface area is 161 Å². The molecule has 0 radical (unpaired) electrons. The number of para-hydroxylation sites is 1. The van der Waals surface area contributed by atoms with Gasteiger partial charge in [0.1, 0.15) is 17.3 Å². The van der Waals surface area contributed by atoms with Gasteiger partial charge in [-0.25, -0.2) is 9.97 Å². The molecule has 0 spiro atoms. The summed E-state index contributed by atoms with van der Waals surface area (Å²) in [5, 5.41) is 6.30. The zero-order valence-electron chi connectivity index (χ0n) is 14.8. The van der Waals surface area contributed by atoms with Crippen LogP contribution in [-0.2, 0) is 0 Å². The number of hydrogen-bond acceptors (Lipinski definition) is 5. The minimum Gasteiger partial charge on any atom is -0.340 e. The van der Waals surface area contributed by atoms with Crippen molar-refractivity contribution in [3.63, 3.8) is 0 Å². The monoisotopic (exact) mass is 380 g/mol. The molecule has 0 fully saturated rings. The van der Waals surface area contributed by atoms with Gasteiger partial charge in [0.25, 0.3) is 5.91 Å². The highest BCUT2D eigenvalue weighted by atomic mass is 35.5. The van der Waals surface area contributed by atoms with E-state index in [1.54, 1.807) is 61.5 Å². The van der Waals surface area contributed by atoms with Crippen LogP contribution in [-0.4, -0.2) is 21.7 Å². The molecule has 1 aromatic heterocycles. The molecule has 2 aromatic carbocycles. The Morgan fingerprint density at radius 1 is 1.00 bits per heavy atom. The number of hydrogen-bond donors (Lipinski definition) is 2.